The number of nitrogens with one attached hydrogen (secondary N) is 2. The summed E-state index contributed by atoms with van der Waals surface area (Å²) in [6.45, 7) is 3.66. The fraction of sp³-hybridized carbons (Fsp3) is 0.105. The molecule has 0 saturated carbocycles. The molecule has 0 atom stereocenters. The second-order valence-electron chi connectivity index (χ2n) is 5.94. The van der Waals surface area contributed by atoms with Crippen LogP contribution in [0, 0.1) is 13.8 Å². The quantitative estimate of drug-likeness (QED) is 0.564. The zero-order valence-corrected chi connectivity index (χ0v) is 15.5. The van der Waals surface area contributed by atoms with Crippen LogP contribution in [0.5, 0.6) is 0 Å². The highest BCUT2D eigenvalue weighted by atomic mass is 32.1. The van der Waals surface area contributed by atoms with Crippen LogP contribution in [-0.4, -0.2) is 20.4 Å². The van der Waals surface area contributed by atoms with Crippen molar-refractivity contribution in [2.24, 2.45) is 0 Å². The van der Waals surface area contributed by atoms with Crippen molar-refractivity contribution in [1.82, 2.24) is 14.5 Å². The minimum absolute atomic E-state index is 0.265. The molecule has 2 N–H and O–H groups in total. The molecule has 0 aliphatic heterocycles. The summed E-state index contributed by atoms with van der Waals surface area (Å²) in [6, 6.07) is 10.7. The predicted molar refractivity (Wildman–Crippen MR) is 104 cm³/mol. The van der Waals surface area contributed by atoms with Crippen LogP contribution in [0.3, 0.4) is 0 Å². The van der Waals surface area contributed by atoms with E-state index in [0.717, 1.165) is 10.6 Å². The van der Waals surface area contributed by atoms with Crippen LogP contribution in [0.2, 0.25) is 0 Å². The number of aromatic nitrogens is 3. The molecule has 8 heteroatoms. The first-order chi connectivity index (χ1) is 13.0. The first kappa shape index (κ1) is 17.0. The molecule has 1 aromatic carbocycles. The van der Waals surface area contributed by atoms with Crippen molar-refractivity contribution in [2.75, 3.05) is 5.32 Å². The number of carbonyl (C=O) groups is 1. The lowest BCUT2D eigenvalue weighted by molar-refractivity contribution is 0.102. The maximum absolute atomic E-state index is 12.8. The average molecular weight is 380 g/mol. The van der Waals surface area contributed by atoms with Gasteiger partial charge in [0.05, 0.1) is 17.6 Å². The van der Waals surface area contributed by atoms with Gasteiger partial charge in [-0.05, 0) is 38.1 Å². The Morgan fingerprint density at radius 3 is 2.74 bits per heavy atom. The second-order valence-corrected chi connectivity index (χ2v) is 7.15. The Bertz CT molecular complexity index is 1170. The average Bonchev–Trinajstić information content (AvgIpc) is 3.37. The highest BCUT2D eigenvalue weighted by molar-refractivity contribution is 7.15. The largest absolute Gasteiger partial charge is 0.462 e. The summed E-state index contributed by atoms with van der Waals surface area (Å²) in [5.74, 6) is 0.285. The minimum Gasteiger partial charge on any atom is -0.462 e. The number of rotatable bonds is 4. The van der Waals surface area contributed by atoms with E-state index < -0.39 is 0 Å². The first-order valence-electron chi connectivity index (χ1n) is 8.23. The summed E-state index contributed by atoms with van der Waals surface area (Å²) in [4.78, 5) is 32.8. The van der Waals surface area contributed by atoms with Gasteiger partial charge in [0.25, 0.3) is 5.91 Å². The monoisotopic (exact) mass is 380 g/mol. The third-order valence-electron chi connectivity index (χ3n) is 4.10. The molecular formula is C19H16N4O3S. The molecule has 0 bridgehead atoms. The number of amides is 1. The number of aryl methyl sites for hydroxylation is 2. The van der Waals surface area contributed by atoms with Gasteiger partial charge in [0.2, 0.25) is 0 Å². The number of anilines is 1. The molecule has 3 heterocycles. The van der Waals surface area contributed by atoms with E-state index in [1.54, 1.807) is 42.8 Å². The summed E-state index contributed by atoms with van der Waals surface area (Å²) in [5, 5.41) is 3.52. The lowest BCUT2D eigenvalue weighted by Gasteiger charge is -2.12. The molecule has 0 spiro atoms. The summed E-state index contributed by atoms with van der Waals surface area (Å²) < 4.78 is 6.87. The summed E-state index contributed by atoms with van der Waals surface area (Å²) in [7, 11) is 0. The molecule has 0 unspecified atom stereocenters. The number of para-hydroxylation sites is 2. The van der Waals surface area contributed by atoms with Gasteiger partial charge in [-0.3, -0.25) is 9.36 Å². The molecule has 0 fully saturated rings. The van der Waals surface area contributed by atoms with Crippen molar-refractivity contribution >= 4 is 22.9 Å². The summed E-state index contributed by atoms with van der Waals surface area (Å²) in [6.07, 6.45) is 3.19. The molecular weight excluding hydrogens is 364 g/mol. The van der Waals surface area contributed by atoms with Gasteiger partial charge in [-0.2, -0.15) is 0 Å². The molecule has 27 heavy (non-hydrogen) atoms. The third kappa shape index (κ3) is 3.11. The maximum Gasteiger partial charge on any atom is 0.330 e. The second kappa shape index (κ2) is 6.73. The molecule has 136 valence electrons. The van der Waals surface area contributed by atoms with Gasteiger partial charge in [0, 0.05) is 16.8 Å². The van der Waals surface area contributed by atoms with Gasteiger partial charge >= 0.3 is 5.69 Å². The zero-order valence-electron chi connectivity index (χ0n) is 14.6. The Labute approximate surface area is 158 Å². The van der Waals surface area contributed by atoms with Crippen LogP contribution in [0.1, 0.15) is 21.1 Å². The highest BCUT2D eigenvalue weighted by Gasteiger charge is 2.19. The van der Waals surface area contributed by atoms with Crippen LogP contribution in [0.15, 0.2) is 58.1 Å². The van der Waals surface area contributed by atoms with Gasteiger partial charge in [-0.15, -0.1) is 11.3 Å². The molecule has 3 aromatic heterocycles. The molecule has 0 aliphatic carbocycles. The number of imidazole rings is 1. The topological polar surface area (TPSA) is 92.9 Å². The number of furan rings is 1. The smallest absolute Gasteiger partial charge is 0.330 e. The summed E-state index contributed by atoms with van der Waals surface area (Å²) >= 11 is 1.39. The Hall–Kier alpha value is -3.39. The van der Waals surface area contributed by atoms with Crippen molar-refractivity contribution in [3.8, 4) is 16.5 Å². The van der Waals surface area contributed by atoms with Crippen molar-refractivity contribution in [1.29, 1.82) is 0 Å². The number of benzene rings is 1. The number of hydrogen-bond acceptors (Lipinski definition) is 5. The number of H-pyrrole nitrogens is 1. The number of aromatic amines is 1. The van der Waals surface area contributed by atoms with E-state index >= 15 is 0 Å². The first-order valence-corrected chi connectivity index (χ1v) is 9.05. The molecule has 4 aromatic rings. The predicted octanol–water partition coefficient (Wildman–Crippen LogP) is 3.75. The van der Waals surface area contributed by atoms with Gasteiger partial charge in [0.1, 0.15) is 5.69 Å². The van der Waals surface area contributed by atoms with Gasteiger partial charge in [0.15, 0.2) is 10.8 Å². The summed E-state index contributed by atoms with van der Waals surface area (Å²) in [5.41, 5.74) is 1.93. The van der Waals surface area contributed by atoms with Gasteiger partial charge < -0.3 is 14.7 Å². The van der Waals surface area contributed by atoms with Gasteiger partial charge in [-0.1, -0.05) is 12.1 Å². The van der Waals surface area contributed by atoms with Crippen molar-refractivity contribution < 1.29 is 9.21 Å². The fourth-order valence-corrected chi connectivity index (χ4v) is 3.70. The Kier molecular flexibility index (Phi) is 4.25. The van der Waals surface area contributed by atoms with E-state index in [2.05, 4.69) is 15.3 Å². The highest BCUT2D eigenvalue weighted by Crippen LogP contribution is 2.29. The molecule has 0 aliphatic rings. The Morgan fingerprint density at radius 2 is 2.04 bits per heavy atom. The van der Waals surface area contributed by atoms with E-state index in [4.69, 9.17) is 4.42 Å². The molecule has 4 rings (SSSR count). The normalized spacial score (nSPS) is 10.9. The SMILES string of the molecule is Cc1sc(-c2ccco2)nc1C(=O)Nc1ccccc1-n1c(C)c[nH]c1=O. The molecule has 1 amide bonds. The lowest BCUT2D eigenvalue weighted by Crippen LogP contribution is -2.20. The van der Waals surface area contributed by atoms with Crippen molar-refractivity contribution in [3.63, 3.8) is 0 Å². The van der Waals surface area contributed by atoms with Crippen LogP contribution in [-0.2, 0) is 0 Å². The van der Waals surface area contributed by atoms with E-state index in [1.807, 2.05) is 19.9 Å². The number of hydrogen-bond donors (Lipinski definition) is 2. The standard InChI is InChI=1S/C19H16N4O3S/c1-11-10-20-19(25)23(11)14-7-4-3-6-13(14)21-17(24)16-12(2)27-18(22-16)15-8-5-9-26-15/h3-10H,1-2H3,(H,20,25)(H,21,24). The van der Waals surface area contributed by atoms with Gasteiger partial charge in [-0.25, -0.2) is 9.78 Å². The third-order valence-corrected chi connectivity index (χ3v) is 5.08. The van der Waals surface area contributed by atoms with Crippen molar-refractivity contribution in [3.05, 3.63) is 75.6 Å². The van der Waals surface area contributed by atoms with Crippen LogP contribution in [0.25, 0.3) is 16.5 Å². The van der Waals surface area contributed by atoms with Crippen LogP contribution < -0.4 is 11.0 Å². The number of nitrogens with zero attached hydrogens (tertiary/aromatic N) is 2. The molecule has 0 radical (unpaired) electrons. The molecule has 0 saturated heterocycles. The van der Waals surface area contributed by atoms with Crippen LogP contribution >= 0.6 is 11.3 Å². The fourth-order valence-electron chi connectivity index (χ4n) is 2.82. The van der Waals surface area contributed by atoms with Crippen LogP contribution in [0.4, 0.5) is 5.69 Å². The van der Waals surface area contributed by atoms with E-state index in [0.29, 0.717) is 27.8 Å². The maximum atomic E-state index is 12.8. The number of carbonyl (C=O) groups excluding carboxylic acids is 1. The molecule has 7 nitrogen and oxygen atoms in total. The lowest BCUT2D eigenvalue weighted by atomic mass is 10.2. The Morgan fingerprint density at radius 1 is 1.22 bits per heavy atom. The van der Waals surface area contributed by atoms with Crippen molar-refractivity contribution in [2.45, 2.75) is 13.8 Å². The minimum atomic E-state index is -0.338. The van der Waals surface area contributed by atoms with E-state index in [1.165, 1.54) is 15.9 Å². The van der Waals surface area contributed by atoms with E-state index in [-0.39, 0.29) is 11.6 Å². The zero-order chi connectivity index (χ0) is 19.0. The van der Waals surface area contributed by atoms with E-state index in [9.17, 15) is 9.59 Å². The Balaban J connectivity index is 1.68. The number of thiazole rings is 1.